The second-order valence-corrected chi connectivity index (χ2v) is 9.41. The summed E-state index contributed by atoms with van der Waals surface area (Å²) in [5, 5.41) is 14.3. The van der Waals surface area contributed by atoms with Gasteiger partial charge in [0.05, 0.1) is 18.8 Å². The maximum Gasteiger partial charge on any atom is 0.306 e. The summed E-state index contributed by atoms with van der Waals surface area (Å²) in [6.45, 7) is 1.98. The van der Waals surface area contributed by atoms with E-state index in [9.17, 15) is 13.5 Å². The molecule has 0 saturated heterocycles. The smallest absolute Gasteiger partial charge is 0.306 e. The monoisotopic (exact) mass is 479 g/mol. The molecule has 3 atom stereocenters. The van der Waals surface area contributed by atoms with Crippen molar-refractivity contribution in [3.63, 3.8) is 0 Å². The first kappa shape index (κ1) is 24.8. The van der Waals surface area contributed by atoms with Crippen LogP contribution in [0.4, 0.5) is 0 Å². The van der Waals surface area contributed by atoms with Gasteiger partial charge in [-0.15, -0.1) is 0 Å². The van der Waals surface area contributed by atoms with Crippen molar-refractivity contribution in [2.24, 2.45) is 10.7 Å². The van der Waals surface area contributed by atoms with E-state index in [1.807, 2.05) is 30.3 Å². The van der Waals surface area contributed by atoms with Gasteiger partial charge in [0.15, 0.2) is 17.9 Å². The van der Waals surface area contributed by atoms with Crippen molar-refractivity contribution < 1.29 is 31.9 Å². The number of aliphatic hydroxyl groups excluding tert-OH is 1. The number of hydrogen-bond donors (Lipinski definition) is 3. The normalized spacial score (nSPS) is 23.0. The van der Waals surface area contributed by atoms with Crippen LogP contribution in [0.3, 0.4) is 0 Å². The average molecular weight is 480 g/mol. The van der Waals surface area contributed by atoms with Gasteiger partial charge in [0.1, 0.15) is 17.6 Å². The predicted octanol–water partition coefficient (Wildman–Crippen LogP) is 1.30. The van der Waals surface area contributed by atoms with Gasteiger partial charge < -0.3 is 34.6 Å². The van der Waals surface area contributed by atoms with E-state index in [1.54, 1.807) is 13.0 Å². The van der Waals surface area contributed by atoms with Gasteiger partial charge in [0, 0.05) is 19.8 Å². The van der Waals surface area contributed by atoms with Crippen molar-refractivity contribution in [1.29, 1.82) is 0 Å². The molecule has 1 aliphatic heterocycles. The van der Waals surface area contributed by atoms with Crippen molar-refractivity contribution >= 4 is 16.1 Å². The number of guanidine groups is 1. The van der Waals surface area contributed by atoms with E-state index >= 15 is 0 Å². The van der Waals surface area contributed by atoms with Crippen molar-refractivity contribution in [3.05, 3.63) is 59.7 Å². The molecule has 0 aliphatic carbocycles. The molecule has 1 heterocycles. The summed E-state index contributed by atoms with van der Waals surface area (Å²) < 4.78 is 45.0. The molecule has 10 nitrogen and oxygen atoms in total. The lowest BCUT2D eigenvalue weighted by Gasteiger charge is -2.46. The third-order valence-corrected chi connectivity index (χ3v) is 5.77. The van der Waals surface area contributed by atoms with Gasteiger partial charge in [-0.1, -0.05) is 30.3 Å². The van der Waals surface area contributed by atoms with Gasteiger partial charge in [-0.3, -0.25) is 0 Å². The van der Waals surface area contributed by atoms with Crippen molar-refractivity contribution in [1.82, 2.24) is 5.32 Å². The lowest BCUT2D eigenvalue weighted by atomic mass is 9.84. The van der Waals surface area contributed by atoms with Crippen molar-refractivity contribution in [3.8, 4) is 11.5 Å². The minimum atomic E-state index is -3.75. The Hall–Kier alpha value is -2.86. The number of nitrogens with two attached hydrogens (primary N) is 1. The highest BCUT2D eigenvalue weighted by Gasteiger charge is 2.52. The molecule has 2 aromatic carbocycles. The molecule has 0 aromatic heterocycles. The third-order valence-electron chi connectivity index (χ3n) is 5.27. The SMILES string of the molecule is COC(OC)C1(C)Oc2ccc(OS(C)(=O)=O)cc2C(NC(N)=NCc2ccccc2)C1O. The largest absolute Gasteiger partial charge is 0.479 e. The van der Waals surface area contributed by atoms with Crippen LogP contribution in [0.2, 0.25) is 0 Å². The van der Waals surface area contributed by atoms with Gasteiger partial charge in [-0.25, -0.2) is 4.99 Å². The predicted molar refractivity (Wildman–Crippen MR) is 122 cm³/mol. The van der Waals surface area contributed by atoms with E-state index in [0.29, 0.717) is 17.9 Å². The summed E-state index contributed by atoms with van der Waals surface area (Å²) in [5.74, 6) is 0.521. The van der Waals surface area contributed by atoms with E-state index in [-0.39, 0.29) is 11.7 Å². The maximum absolute atomic E-state index is 11.6. The molecule has 3 unspecified atom stereocenters. The summed E-state index contributed by atoms with van der Waals surface area (Å²) in [7, 11) is -0.880. The summed E-state index contributed by atoms with van der Waals surface area (Å²) in [5.41, 5.74) is 6.21. The Balaban J connectivity index is 1.98. The van der Waals surface area contributed by atoms with Gasteiger partial charge >= 0.3 is 10.1 Å². The fourth-order valence-electron chi connectivity index (χ4n) is 3.76. The second-order valence-electron chi connectivity index (χ2n) is 7.83. The van der Waals surface area contributed by atoms with Crippen LogP contribution in [-0.2, 0) is 26.1 Å². The number of hydrogen-bond acceptors (Lipinski definition) is 8. The quantitative estimate of drug-likeness (QED) is 0.221. The zero-order chi connectivity index (χ0) is 24.2. The first-order valence-electron chi connectivity index (χ1n) is 10.1. The van der Waals surface area contributed by atoms with E-state index < -0.39 is 34.2 Å². The van der Waals surface area contributed by atoms with E-state index in [4.69, 9.17) is 24.1 Å². The molecular weight excluding hydrogens is 450 g/mol. The van der Waals surface area contributed by atoms with Crippen LogP contribution >= 0.6 is 0 Å². The number of nitrogens with one attached hydrogen (secondary N) is 1. The minimum Gasteiger partial charge on any atom is -0.479 e. The Kier molecular flexibility index (Phi) is 7.48. The zero-order valence-electron chi connectivity index (χ0n) is 18.9. The Labute approximate surface area is 193 Å². The number of methoxy groups -OCH3 is 2. The molecule has 1 aliphatic rings. The van der Waals surface area contributed by atoms with Gasteiger partial charge in [0.25, 0.3) is 0 Å². The van der Waals surface area contributed by atoms with Crippen LogP contribution in [0.5, 0.6) is 11.5 Å². The molecule has 0 fully saturated rings. The van der Waals surface area contributed by atoms with Gasteiger partial charge in [-0.2, -0.15) is 8.42 Å². The summed E-state index contributed by atoms with van der Waals surface area (Å²) in [6.07, 6.45) is -1.20. The number of ether oxygens (including phenoxy) is 3. The Morgan fingerprint density at radius 2 is 1.91 bits per heavy atom. The number of rotatable bonds is 8. The first-order chi connectivity index (χ1) is 15.6. The number of aliphatic imine (C=N–C) groups is 1. The molecule has 3 rings (SSSR count). The van der Waals surface area contributed by atoms with E-state index in [1.165, 1.54) is 26.4 Å². The molecule has 0 radical (unpaired) electrons. The Morgan fingerprint density at radius 1 is 1.24 bits per heavy atom. The Morgan fingerprint density at radius 3 is 2.52 bits per heavy atom. The van der Waals surface area contributed by atoms with E-state index in [0.717, 1.165) is 11.8 Å². The van der Waals surface area contributed by atoms with Crippen LogP contribution in [0, 0.1) is 0 Å². The highest BCUT2D eigenvalue weighted by Crippen LogP contribution is 2.43. The van der Waals surface area contributed by atoms with Gasteiger partial charge in [-0.05, 0) is 30.7 Å². The molecular formula is C22H29N3O7S. The molecule has 0 saturated carbocycles. The average Bonchev–Trinajstić information content (AvgIpc) is 2.76. The number of benzene rings is 2. The maximum atomic E-state index is 11.6. The molecule has 0 bridgehead atoms. The lowest BCUT2D eigenvalue weighted by molar-refractivity contribution is -0.238. The fraction of sp³-hybridized carbons (Fsp3) is 0.409. The third kappa shape index (κ3) is 5.74. The van der Waals surface area contributed by atoms with Crippen LogP contribution in [0.25, 0.3) is 0 Å². The van der Waals surface area contributed by atoms with Gasteiger partial charge in [0.2, 0.25) is 0 Å². The van der Waals surface area contributed by atoms with E-state index in [2.05, 4.69) is 10.3 Å². The van der Waals surface area contributed by atoms with Crippen LogP contribution < -0.4 is 20.0 Å². The zero-order valence-corrected chi connectivity index (χ0v) is 19.7. The van der Waals surface area contributed by atoms with Crippen LogP contribution in [0.1, 0.15) is 24.1 Å². The molecule has 33 heavy (non-hydrogen) atoms. The minimum absolute atomic E-state index is 0.0669. The lowest BCUT2D eigenvalue weighted by Crippen LogP contribution is -2.62. The molecule has 0 spiro atoms. The molecule has 4 N–H and O–H groups in total. The Bertz CT molecular complexity index is 1090. The molecule has 180 valence electrons. The second kappa shape index (κ2) is 9.96. The fourth-order valence-corrected chi connectivity index (χ4v) is 4.21. The molecule has 0 amide bonds. The summed E-state index contributed by atoms with van der Waals surface area (Å²) >= 11 is 0. The number of nitrogens with zero attached hydrogens (tertiary/aromatic N) is 1. The molecule has 2 aromatic rings. The first-order valence-corrected chi connectivity index (χ1v) is 12.0. The highest BCUT2D eigenvalue weighted by molar-refractivity contribution is 7.86. The number of aliphatic hydroxyl groups is 1. The summed E-state index contributed by atoms with van der Waals surface area (Å²) in [4.78, 5) is 4.35. The van der Waals surface area contributed by atoms with Crippen LogP contribution in [-0.4, -0.2) is 58.0 Å². The standard InChI is InChI=1S/C22H29N3O7S/c1-22(20(29-2)30-3)19(26)18(25-21(23)24-13-14-8-6-5-7-9-14)16-12-15(32-33(4,27)28)10-11-17(16)31-22/h5-12,18-20,26H,13H2,1-4H3,(H3,23,24,25). The summed E-state index contributed by atoms with van der Waals surface area (Å²) in [6, 6.07) is 13.2. The number of fused-ring (bicyclic) bond motifs is 1. The molecule has 11 heteroatoms. The van der Waals surface area contributed by atoms with Crippen molar-refractivity contribution in [2.75, 3.05) is 20.5 Å². The highest BCUT2D eigenvalue weighted by atomic mass is 32.2. The van der Waals surface area contributed by atoms with Crippen LogP contribution in [0.15, 0.2) is 53.5 Å². The topological polar surface area (TPSA) is 142 Å². The van der Waals surface area contributed by atoms with Crippen molar-refractivity contribution in [2.45, 2.75) is 37.5 Å².